The van der Waals surface area contributed by atoms with Gasteiger partial charge in [0.2, 0.25) is 0 Å². The van der Waals surface area contributed by atoms with Gasteiger partial charge in [-0.15, -0.1) is 0 Å². The van der Waals surface area contributed by atoms with Crippen LogP contribution < -0.4 is 0 Å². The van der Waals surface area contributed by atoms with Crippen molar-refractivity contribution in [2.75, 3.05) is 19.9 Å². The molecule has 0 bridgehead atoms. The first kappa shape index (κ1) is 20.6. The van der Waals surface area contributed by atoms with Crippen molar-refractivity contribution in [3.63, 3.8) is 0 Å². The summed E-state index contributed by atoms with van der Waals surface area (Å²) in [7, 11) is 3.73. The molecule has 1 aromatic carbocycles. The van der Waals surface area contributed by atoms with Crippen LogP contribution in [0.2, 0.25) is 0 Å². The number of hydrogen-bond acceptors (Lipinski definition) is 4. The monoisotopic (exact) mass is 426 g/mol. The normalized spacial score (nSPS) is 32.9. The maximum atomic E-state index is 14.0. The third-order valence-electron chi connectivity index (χ3n) is 8.06. The number of aryl methyl sites for hydroxylation is 1. The van der Waals surface area contributed by atoms with E-state index in [0.717, 1.165) is 55.4 Å². The van der Waals surface area contributed by atoms with E-state index >= 15 is 0 Å². The number of rotatable bonds is 5. The summed E-state index contributed by atoms with van der Waals surface area (Å²) in [5.41, 5.74) is 3.08. The highest BCUT2D eigenvalue weighted by atomic mass is 32.2. The van der Waals surface area contributed by atoms with E-state index in [4.69, 9.17) is 9.73 Å². The number of hydrogen-bond donors (Lipinski definition) is 0. The lowest BCUT2D eigenvalue weighted by atomic mass is 9.61. The smallest absolute Gasteiger partial charge is 0.261 e. The molecule has 0 N–H and O–H groups in total. The van der Waals surface area contributed by atoms with Crippen molar-refractivity contribution in [3.05, 3.63) is 34.9 Å². The van der Waals surface area contributed by atoms with Gasteiger partial charge in [-0.1, -0.05) is 49.7 Å². The zero-order chi connectivity index (χ0) is 20.9. The van der Waals surface area contributed by atoms with Crippen molar-refractivity contribution in [3.8, 4) is 0 Å². The zero-order valence-electron chi connectivity index (χ0n) is 18.6. The van der Waals surface area contributed by atoms with Gasteiger partial charge in [0.15, 0.2) is 10.7 Å². The summed E-state index contributed by atoms with van der Waals surface area (Å²) < 4.78 is 5.67. The van der Waals surface area contributed by atoms with Gasteiger partial charge in [-0.2, -0.15) is 0 Å². The topological polar surface area (TPSA) is 41.9 Å². The summed E-state index contributed by atoms with van der Waals surface area (Å²) in [4.78, 5) is 21.1. The van der Waals surface area contributed by atoms with Crippen LogP contribution in [0.15, 0.2) is 23.2 Å². The van der Waals surface area contributed by atoms with E-state index < -0.39 is 5.54 Å². The van der Waals surface area contributed by atoms with E-state index in [9.17, 15) is 4.79 Å². The van der Waals surface area contributed by atoms with E-state index in [2.05, 4.69) is 25.1 Å². The number of benzene rings is 1. The fourth-order valence-electron chi connectivity index (χ4n) is 6.12. The van der Waals surface area contributed by atoms with Crippen molar-refractivity contribution in [1.29, 1.82) is 0 Å². The van der Waals surface area contributed by atoms with Gasteiger partial charge in [-0.3, -0.25) is 9.69 Å². The second-order valence-electron chi connectivity index (χ2n) is 9.77. The lowest BCUT2D eigenvalue weighted by molar-refractivity contribution is -0.137. The molecule has 5 rings (SSSR count). The number of methoxy groups -OCH3 is 1. The number of amides is 1. The van der Waals surface area contributed by atoms with Crippen LogP contribution in [-0.2, 0) is 27.9 Å². The molecule has 2 fully saturated rings. The van der Waals surface area contributed by atoms with Gasteiger partial charge in [0, 0.05) is 19.6 Å². The summed E-state index contributed by atoms with van der Waals surface area (Å²) in [5, 5.41) is 0.895. The van der Waals surface area contributed by atoms with Crippen LogP contribution in [0.25, 0.3) is 0 Å². The number of thioether (sulfide) groups is 1. The summed E-state index contributed by atoms with van der Waals surface area (Å²) in [6.45, 7) is 2.13. The summed E-state index contributed by atoms with van der Waals surface area (Å²) in [5.74, 6) is 2.04. The Kier molecular flexibility index (Phi) is 5.26. The second-order valence-corrected chi connectivity index (χ2v) is 11.0. The number of fused-ring (bicyclic) bond motifs is 3. The first-order valence-electron chi connectivity index (χ1n) is 11.7. The molecule has 0 aromatic heterocycles. The Hall–Kier alpha value is -1.33. The van der Waals surface area contributed by atoms with E-state index in [1.165, 1.54) is 36.0 Å². The Morgan fingerprint density at radius 1 is 1.23 bits per heavy atom. The van der Waals surface area contributed by atoms with Gasteiger partial charge in [0.05, 0.1) is 6.10 Å². The largest absolute Gasteiger partial charge is 0.381 e. The highest BCUT2D eigenvalue weighted by molar-refractivity contribution is 8.13. The zero-order valence-corrected chi connectivity index (χ0v) is 19.4. The molecule has 3 aliphatic carbocycles. The van der Waals surface area contributed by atoms with Crippen LogP contribution in [-0.4, -0.2) is 42.0 Å². The molecular weight excluding hydrogens is 392 g/mol. The fraction of sp³-hybridized carbons (Fsp3) is 0.680. The van der Waals surface area contributed by atoms with Crippen molar-refractivity contribution < 1.29 is 9.53 Å². The standard InChI is InChI=1S/C25H34N2O2S/c1-4-30-23-26-25(22(28)27(23)2)21-15-18(8-7-17-5-6-17)9-10-19(21)16-24(25)13-11-20(29-3)12-14-24/h9-10,15,17,20H,4-8,11-14,16H2,1-3H3. The molecule has 0 saturated heterocycles. The molecule has 1 amide bonds. The number of aliphatic imine (C=N–C) groups is 1. The van der Waals surface area contributed by atoms with Crippen molar-refractivity contribution in [2.24, 2.45) is 16.3 Å². The summed E-state index contributed by atoms with van der Waals surface area (Å²) in [6, 6.07) is 6.97. The minimum atomic E-state index is -0.733. The molecule has 2 spiro atoms. The predicted octanol–water partition coefficient (Wildman–Crippen LogP) is 4.94. The van der Waals surface area contributed by atoms with Crippen molar-refractivity contribution >= 4 is 22.8 Å². The average molecular weight is 427 g/mol. The van der Waals surface area contributed by atoms with Gasteiger partial charge in [-0.05, 0) is 73.3 Å². The minimum Gasteiger partial charge on any atom is -0.381 e. The molecule has 162 valence electrons. The first-order chi connectivity index (χ1) is 14.5. The van der Waals surface area contributed by atoms with Crippen molar-refractivity contribution in [2.45, 2.75) is 76.4 Å². The maximum Gasteiger partial charge on any atom is 0.261 e. The first-order valence-corrected chi connectivity index (χ1v) is 12.7. The van der Waals surface area contributed by atoms with E-state index in [-0.39, 0.29) is 11.3 Å². The van der Waals surface area contributed by atoms with Crippen LogP contribution in [0.4, 0.5) is 0 Å². The van der Waals surface area contributed by atoms with Gasteiger partial charge >= 0.3 is 0 Å². The summed E-state index contributed by atoms with van der Waals surface area (Å²) in [6.07, 6.45) is 10.5. The highest BCUT2D eigenvalue weighted by Crippen LogP contribution is 2.62. The number of nitrogens with zero attached hydrogens (tertiary/aromatic N) is 2. The van der Waals surface area contributed by atoms with Gasteiger partial charge in [0.25, 0.3) is 5.91 Å². The Balaban J connectivity index is 1.58. The summed E-state index contributed by atoms with van der Waals surface area (Å²) >= 11 is 1.70. The minimum absolute atomic E-state index is 0.110. The van der Waals surface area contributed by atoms with Gasteiger partial charge < -0.3 is 4.74 Å². The molecule has 1 atom stereocenters. The average Bonchev–Trinajstić information content (AvgIpc) is 3.51. The number of carbonyl (C=O) groups excluding carboxylic acids is 1. The Morgan fingerprint density at radius 2 is 2.00 bits per heavy atom. The number of likely N-dealkylation sites (N-methyl/N-ethyl adjacent to an activating group) is 1. The molecule has 4 nitrogen and oxygen atoms in total. The van der Waals surface area contributed by atoms with Crippen LogP contribution in [0.3, 0.4) is 0 Å². The van der Waals surface area contributed by atoms with Gasteiger partial charge in [0.1, 0.15) is 0 Å². The fourth-order valence-corrected chi connectivity index (χ4v) is 6.85. The quantitative estimate of drug-likeness (QED) is 0.670. The van der Waals surface area contributed by atoms with E-state index in [0.29, 0.717) is 6.10 Å². The molecule has 1 aliphatic heterocycles. The molecule has 5 heteroatoms. The molecular formula is C25H34N2O2S. The molecule has 1 unspecified atom stereocenters. The third-order valence-corrected chi connectivity index (χ3v) is 8.97. The van der Waals surface area contributed by atoms with Crippen molar-refractivity contribution in [1.82, 2.24) is 4.90 Å². The maximum absolute atomic E-state index is 14.0. The van der Waals surface area contributed by atoms with Crippen LogP contribution in [0, 0.1) is 11.3 Å². The Morgan fingerprint density at radius 3 is 2.67 bits per heavy atom. The SMILES string of the molecule is CCSC1=NC2(C(=O)N1C)c1cc(CCC3CC3)ccc1CC21CCC(OC)CC1. The molecule has 30 heavy (non-hydrogen) atoms. The van der Waals surface area contributed by atoms with E-state index in [1.807, 2.05) is 19.1 Å². The highest BCUT2D eigenvalue weighted by Gasteiger charge is 2.66. The molecule has 4 aliphatic rings. The third kappa shape index (κ3) is 3.07. The Labute approximate surface area is 184 Å². The number of amidine groups is 1. The second kappa shape index (κ2) is 7.67. The lowest BCUT2D eigenvalue weighted by Gasteiger charge is -2.45. The molecule has 0 radical (unpaired) electrons. The predicted molar refractivity (Wildman–Crippen MR) is 123 cm³/mol. The van der Waals surface area contributed by atoms with E-state index in [1.54, 1.807) is 11.8 Å². The molecule has 1 heterocycles. The number of carbonyl (C=O) groups is 1. The van der Waals surface area contributed by atoms with Gasteiger partial charge in [-0.25, -0.2) is 4.99 Å². The van der Waals surface area contributed by atoms with Crippen LogP contribution in [0.1, 0.15) is 68.6 Å². The Bertz CT molecular complexity index is 870. The molecule has 2 saturated carbocycles. The molecule has 1 aromatic rings. The van der Waals surface area contributed by atoms with Crippen LogP contribution in [0.5, 0.6) is 0 Å². The lowest BCUT2D eigenvalue weighted by Crippen LogP contribution is -2.51. The van der Waals surface area contributed by atoms with Crippen LogP contribution >= 0.6 is 11.8 Å². The number of ether oxygens (including phenoxy) is 1.